The molecule has 8 heteroatoms. The lowest BCUT2D eigenvalue weighted by atomic mass is 9.96. The maximum Gasteiger partial charge on any atom is 0.293 e. The van der Waals surface area contributed by atoms with Crippen molar-refractivity contribution in [2.24, 2.45) is 5.73 Å². The molecule has 0 atom stereocenters. The molecule has 0 aliphatic rings. The summed E-state index contributed by atoms with van der Waals surface area (Å²) in [4.78, 5) is 16.6. The Labute approximate surface area is 145 Å². The first-order valence-electron chi connectivity index (χ1n) is 7.44. The van der Waals surface area contributed by atoms with Gasteiger partial charge >= 0.3 is 0 Å². The van der Waals surface area contributed by atoms with Crippen molar-refractivity contribution < 1.29 is 4.79 Å². The third-order valence-corrected chi connectivity index (χ3v) is 3.47. The lowest BCUT2D eigenvalue weighted by Gasteiger charge is -2.08. The standard InChI is InChI=1S/C17H13BN6O/c18-12-4-6-13(7-5-12)21-17(25)16-22-15(10-20)23-24(16)14-3-1-2-11(8-14)9-19/h1-8H,9,19H2,(H,21,25). The first-order chi connectivity index (χ1) is 12.1. The fraction of sp³-hybridized carbons (Fsp3) is 0.0588. The summed E-state index contributed by atoms with van der Waals surface area (Å²) in [7, 11) is 5.63. The van der Waals surface area contributed by atoms with E-state index in [1.54, 1.807) is 42.5 Å². The number of anilines is 1. The summed E-state index contributed by atoms with van der Waals surface area (Å²) < 4.78 is 1.32. The lowest BCUT2D eigenvalue weighted by Crippen LogP contribution is -2.18. The Morgan fingerprint density at radius 3 is 2.72 bits per heavy atom. The molecule has 2 radical (unpaired) electrons. The van der Waals surface area contributed by atoms with Gasteiger partial charge in [0.2, 0.25) is 5.82 Å². The molecule has 1 heterocycles. The molecule has 0 aliphatic carbocycles. The number of nitrogens with two attached hydrogens (primary N) is 1. The van der Waals surface area contributed by atoms with Gasteiger partial charge in [-0.15, -0.1) is 5.10 Å². The van der Waals surface area contributed by atoms with Crippen LogP contribution in [0.4, 0.5) is 5.69 Å². The molecule has 3 aromatic rings. The van der Waals surface area contributed by atoms with Crippen LogP contribution in [0.1, 0.15) is 22.0 Å². The summed E-state index contributed by atoms with van der Waals surface area (Å²) in [5.74, 6) is -0.583. The second-order valence-corrected chi connectivity index (χ2v) is 5.23. The average Bonchev–Trinajstić information content (AvgIpc) is 3.08. The summed E-state index contributed by atoms with van der Waals surface area (Å²) in [6, 6.07) is 15.7. The molecule has 120 valence electrons. The normalized spacial score (nSPS) is 10.2. The topological polar surface area (TPSA) is 110 Å². The van der Waals surface area contributed by atoms with E-state index in [4.69, 9.17) is 18.8 Å². The molecule has 0 aliphatic heterocycles. The van der Waals surface area contributed by atoms with Crippen LogP contribution in [0.25, 0.3) is 5.69 Å². The number of aromatic nitrogens is 3. The zero-order chi connectivity index (χ0) is 17.8. The Balaban J connectivity index is 1.97. The third-order valence-electron chi connectivity index (χ3n) is 3.47. The van der Waals surface area contributed by atoms with Crippen LogP contribution >= 0.6 is 0 Å². The van der Waals surface area contributed by atoms with Crippen LogP contribution in [-0.2, 0) is 6.54 Å². The molecule has 7 nitrogen and oxygen atoms in total. The first-order valence-corrected chi connectivity index (χ1v) is 7.44. The van der Waals surface area contributed by atoms with Gasteiger partial charge in [-0.2, -0.15) is 10.2 Å². The SMILES string of the molecule is [B]c1ccc(NC(=O)c2nc(C#N)nn2-c2cccc(CN)c2)cc1. The van der Waals surface area contributed by atoms with Gasteiger partial charge in [0.15, 0.2) is 0 Å². The number of benzene rings is 2. The van der Waals surface area contributed by atoms with E-state index in [1.165, 1.54) is 4.68 Å². The second kappa shape index (κ2) is 6.99. The van der Waals surface area contributed by atoms with E-state index >= 15 is 0 Å². The van der Waals surface area contributed by atoms with Crippen molar-refractivity contribution in [3.8, 4) is 11.8 Å². The van der Waals surface area contributed by atoms with Crippen LogP contribution in [0, 0.1) is 11.3 Å². The minimum absolute atomic E-state index is 0.00236. The molecule has 0 spiro atoms. The van der Waals surface area contributed by atoms with Gasteiger partial charge in [0.25, 0.3) is 11.7 Å². The number of hydrogen-bond donors (Lipinski definition) is 2. The highest BCUT2D eigenvalue weighted by Crippen LogP contribution is 2.14. The molecular formula is C17H13BN6O. The molecular weight excluding hydrogens is 315 g/mol. The minimum Gasteiger partial charge on any atom is -0.326 e. The largest absolute Gasteiger partial charge is 0.326 e. The molecule has 25 heavy (non-hydrogen) atoms. The number of nitrogens with one attached hydrogen (secondary N) is 1. The number of rotatable bonds is 4. The lowest BCUT2D eigenvalue weighted by molar-refractivity contribution is 0.101. The first kappa shape index (κ1) is 16.4. The van der Waals surface area contributed by atoms with E-state index in [0.29, 0.717) is 23.4 Å². The molecule has 1 aromatic heterocycles. The summed E-state index contributed by atoms with van der Waals surface area (Å²) in [5, 5.41) is 15.9. The molecule has 0 saturated carbocycles. The van der Waals surface area contributed by atoms with Crippen LogP contribution in [0.3, 0.4) is 0 Å². The van der Waals surface area contributed by atoms with Crippen LogP contribution in [0.2, 0.25) is 0 Å². The van der Waals surface area contributed by atoms with E-state index in [1.807, 2.05) is 12.1 Å². The van der Waals surface area contributed by atoms with Crippen molar-refractivity contribution in [3.05, 3.63) is 65.7 Å². The van der Waals surface area contributed by atoms with Crippen molar-refractivity contribution in [2.75, 3.05) is 5.32 Å². The van der Waals surface area contributed by atoms with E-state index in [0.717, 1.165) is 5.56 Å². The highest BCUT2D eigenvalue weighted by atomic mass is 16.2. The van der Waals surface area contributed by atoms with Gasteiger partial charge in [0.05, 0.1) is 5.69 Å². The Kier molecular flexibility index (Phi) is 4.59. The zero-order valence-electron chi connectivity index (χ0n) is 13.2. The number of nitriles is 1. The van der Waals surface area contributed by atoms with E-state index in [2.05, 4.69) is 15.4 Å². The molecule has 0 bridgehead atoms. The minimum atomic E-state index is -0.489. The predicted molar refractivity (Wildman–Crippen MR) is 93.7 cm³/mol. The van der Waals surface area contributed by atoms with Crippen LogP contribution in [0.5, 0.6) is 0 Å². The quantitative estimate of drug-likeness (QED) is 0.683. The van der Waals surface area contributed by atoms with Gasteiger partial charge in [0, 0.05) is 12.2 Å². The van der Waals surface area contributed by atoms with Crippen molar-refractivity contribution in [1.82, 2.24) is 14.8 Å². The van der Waals surface area contributed by atoms with E-state index < -0.39 is 5.91 Å². The maximum absolute atomic E-state index is 12.6. The fourth-order valence-electron chi connectivity index (χ4n) is 2.26. The monoisotopic (exact) mass is 328 g/mol. The van der Waals surface area contributed by atoms with Crippen LogP contribution in [0.15, 0.2) is 48.5 Å². The number of carbonyl (C=O) groups is 1. The van der Waals surface area contributed by atoms with Gasteiger partial charge in [0.1, 0.15) is 13.9 Å². The summed E-state index contributed by atoms with van der Waals surface area (Å²) >= 11 is 0. The number of carbonyl (C=O) groups excluding carboxylic acids is 1. The van der Waals surface area contributed by atoms with Crippen molar-refractivity contribution >= 4 is 24.9 Å². The van der Waals surface area contributed by atoms with E-state index in [9.17, 15) is 4.79 Å². The van der Waals surface area contributed by atoms with Gasteiger partial charge in [-0.25, -0.2) is 4.68 Å². The molecule has 0 unspecified atom stereocenters. The molecule has 0 fully saturated rings. The number of hydrogen-bond acceptors (Lipinski definition) is 5. The highest BCUT2D eigenvalue weighted by molar-refractivity contribution is 6.32. The second-order valence-electron chi connectivity index (χ2n) is 5.23. The van der Waals surface area contributed by atoms with Crippen molar-refractivity contribution in [3.63, 3.8) is 0 Å². The van der Waals surface area contributed by atoms with Gasteiger partial charge in [-0.1, -0.05) is 29.7 Å². The Morgan fingerprint density at radius 1 is 1.28 bits per heavy atom. The Morgan fingerprint density at radius 2 is 2.04 bits per heavy atom. The summed E-state index contributed by atoms with van der Waals surface area (Å²) in [6.07, 6.45) is 0. The molecule has 2 aromatic carbocycles. The summed E-state index contributed by atoms with van der Waals surface area (Å²) in [6.45, 7) is 0.348. The maximum atomic E-state index is 12.6. The third kappa shape index (κ3) is 3.57. The zero-order valence-corrected chi connectivity index (χ0v) is 13.2. The molecule has 3 rings (SSSR count). The highest BCUT2D eigenvalue weighted by Gasteiger charge is 2.19. The molecule has 1 amide bonds. The molecule has 0 saturated heterocycles. The average molecular weight is 328 g/mol. The van der Waals surface area contributed by atoms with Gasteiger partial charge in [-0.3, -0.25) is 4.79 Å². The fourth-order valence-corrected chi connectivity index (χ4v) is 2.26. The summed E-state index contributed by atoms with van der Waals surface area (Å²) in [5.41, 5.74) is 8.27. The van der Waals surface area contributed by atoms with Crippen LogP contribution in [-0.4, -0.2) is 28.5 Å². The van der Waals surface area contributed by atoms with Gasteiger partial charge in [-0.05, 0) is 29.8 Å². The van der Waals surface area contributed by atoms with E-state index in [-0.39, 0.29) is 11.6 Å². The van der Waals surface area contributed by atoms with Crippen LogP contribution < -0.4 is 16.5 Å². The number of amides is 1. The molecule has 3 N–H and O–H groups in total. The van der Waals surface area contributed by atoms with Crippen molar-refractivity contribution in [1.29, 1.82) is 5.26 Å². The predicted octanol–water partition coefficient (Wildman–Crippen LogP) is 0.644. The van der Waals surface area contributed by atoms with Gasteiger partial charge < -0.3 is 11.1 Å². The Hall–Kier alpha value is -3.44. The number of nitrogens with zero attached hydrogens (tertiary/aromatic N) is 4. The Bertz CT molecular complexity index is 958. The smallest absolute Gasteiger partial charge is 0.293 e. The van der Waals surface area contributed by atoms with Crippen molar-refractivity contribution in [2.45, 2.75) is 6.54 Å².